The van der Waals surface area contributed by atoms with E-state index in [4.69, 9.17) is 39.6 Å². The lowest BCUT2D eigenvalue weighted by Gasteiger charge is -2.23. The summed E-state index contributed by atoms with van der Waals surface area (Å²) in [5.41, 5.74) is 19.6. The fourth-order valence-electron chi connectivity index (χ4n) is 15.7. The number of amides is 1. The molecular weight excluding hydrogens is 1710 g/mol. The Kier molecular flexibility index (Phi) is 28.2. The molecule has 1 aliphatic rings. The van der Waals surface area contributed by atoms with Gasteiger partial charge in [-0.15, -0.1) is 20.4 Å². The highest BCUT2D eigenvalue weighted by Crippen LogP contribution is 2.38. The van der Waals surface area contributed by atoms with Gasteiger partial charge in [0.15, 0.2) is 56.4 Å². The molecule has 15 heterocycles. The van der Waals surface area contributed by atoms with Crippen LogP contribution in [0.15, 0.2) is 316 Å². The fraction of sp³-hybridized carbons (Fsp3) is 0.175. The third kappa shape index (κ3) is 21.6. The van der Waals surface area contributed by atoms with E-state index in [0.717, 1.165) is 156 Å². The molecule has 0 radical (unpaired) electrons. The van der Waals surface area contributed by atoms with Crippen molar-refractivity contribution in [3.63, 3.8) is 0 Å². The van der Waals surface area contributed by atoms with Crippen molar-refractivity contribution in [1.29, 1.82) is 0 Å². The second kappa shape index (κ2) is 42.1. The van der Waals surface area contributed by atoms with E-state index in [-0.39, 0.29) is 35.9 Å². The van der Waals surface area contributed by atoms with E-state index in [1.165, 1.54) is 18.3 Å². The molecule has 0 saturated carbocycles. The van der Waals surface area contributed by atoms with Crippen LogP contribution in [0.1, 0.15) is 71.0 Å². The van der Waals surface area contributed by atoms with E-state index in [0.29, 0.717) is 90.2 Å². The molecule has 0 spiro atoms. The molecule has 1 amide bonds. The Labute approximate surface area is 773 Å². The maximum absolute atomic E-state index is 13.9. The zero-order chi connectivity index (χ0) is 92.3. The minimum atomic E-state index is -3.40. The number of benzene rings is 5. The first-order valence-electron chi connectivity index (χ1n) is 43.9. The number of methoxy groups -OCH3 is 1. The molecule has 20 rings (SSSR count). The number of carbonyl (C=O) groups excluding carboxylic acids is 1. The van der Waals surface area contributed by atoms with E-state index in [2.05, 4.69) is 104 Å². The molecule has 31 heteroatoms. The number of ether oxygens (including phenoxy) is 2. The van der Waals surface area contributed by atoms with Crippen molar-refractivity contribution in [2.75, 3.05) is 67.5 Å². The second-order valence-electron chi connectivity index (χ2n) is 31.9. The average Bonchev–Trinajstić information content (AvgIpc) is 1.62. The number of anilines is 4. The number of aromatic nitrogens is 18. The van der Waals surface area contributed by atoms with E-state index in [9.17, 15) is 22.7 Å². The zero-order valence-electron chi connectivity index (χ0n) is 74.3. The lowest BCUT2D eigenvalue weighted by Crippen LogP contribution is -2.34. The van der Waals surface area contributed by atoms with Crippen LogP contribution in [-0.4, -0.2) is 165 Å². The Hall–Kier alpha value is -16.3. The zero-order valence-corrected chi connectivity index (χ0v) is 75.1. The van der Waals surface area contributed by atoms with Crippen molar-refractivity contribution in [2.24, 2.45) is 0 Å². The number of nitrogens with zero attached hydrogens (tertiary/aromatic N) is 19. The summed E-state index contributed by atoms with van der Waals surface area (Å²) in [6.45, 7) is 9.78. The van der Waals surface area contributed by atoms with Crippen LogP contribution < -0.4 is 26.0 Å². The first-order valence-corrected chi connectivity index (χ1v) is 45.8. The highest BCUT2D eigenvalue weighted by atomic mass is 32.2. The third-order valence-corrected chi connectivity index (χ3v) is 23.3. The van der Waals surface area contributed by atoms with Crippen molar-refractivity contribution >= 4 is 61.1 Å². The number of sulfone groups is 1. The molecule has 1 unspecified atom stereocenters. The van der Waals surface area contributed by atoms with E-state index >= 15 is 0 Å². The van der Waals surface area contributed by atoms with Crippen molar-refractivity contribution < 1.29 is 32.2 Å². The highest BCUT2D eigenvalue weighted by molar-refractivity contribution is 7.90. The number of aliphatic hydroxyl groups is 1. The molecule has 5 aromatic carbocycles. The molecule has 134 heavy (non-hydrogen) atoms. The third-order valence-electron chi connectivity index (χ3n) is 22.2. The van der Waals surface area contributed by atoms with Crippen molar-refractivity contribution in [2.45, 2.75) is 77.1 Å². The number of pyridine rings is 6. The molecular formula is C103H96FN23O6S. The number of nitrogens with one attached hydrogen (secondary N) is 4. The number of hydrogen-bond acceptors (Lipinski definition) is 24. The molecule has 672 valence electrons. The molecule has 1 saturated heterocycles. The predicted octanol–water partition coefficient (Wildman–Crippen LogP) is 18.5. The summed E-state index contributed by atoms with van der Waals surface area (Å²) >= 11 is 0. The van der Waals surface area contributed by atoms with Gasteiger partial charge in [0, 0.05) is 170 Å². The second-order valence-corrected chi connectivity index (χ2v) is 33.9. The van der Waals surface area contributed by atoms with Crippen molar-refractivity contribution in [3.05, 3.63) is 351 Å². The van der Waals surface area contributed by atoms with Crippen LogP contribution in [0.3, 0.4) is 0 Å². The number of rotatable bonds is 27. The van der Waals surface area contributed by atoms with Gasteiger partial charge in [-0.3, -0.25) is 34.7 Å². The Bertz CT molecular complexity index is 7370. The summed E-state index contributed by atoms with van der Waals surface area (Å²) in [4.78, 5) is 60.1. The highest BCUT2D eigenvalue weighted by Gasteiger charge is 2.25. The topological polar surface area (TPSA) is 339 Å². The van der Waals surface area contributed by atoms with Crippen molar-refractivity contribution in [3.8, 4) is 95.8 Å². The lowest BCUT2D eigenvalue weighted by atomic mass is 10.1. The normalized spacial score (nSPS) is 12.4. The van der Waals surface area contributed by atoms with Gasteiger partial charge in [-0.1, -0.05) is 134 Å². The fourth-order valence-corrected chi connectivity index (χ4v) is 16.2. The molecule has 19 aromatic rings. The van der Waals surface area contributed by atoms with E-state index < -0.39 is 9.84 Å². The predicted molar refractivity (Wildman–Crippen MR) is 518 cm³/mol. The number of carbonyl (C=O) groups is 1. The summed E-state index contributed by atoms with van der Waals surface area (Å²) in [5, 5.41) is 42.1. The number of hydrogen-bond donors (Lipinski definition) is 5. The first-order chi connectivity index (χ1) is 65.5. The summed E-state index contributed by atoms with van der Waals surface area (Å²) in [6.07, 6.45) is 29.8. The largest absolute Gasteiger partial charge is 0.497 e. The molecule has 1 atom stereocenters. The molecule has 0 aliphatic carbocycles. The summed E-state index contributed by atoms with van der Waals surface area (Å²) in [5.74, 6) is 5.08. The molecule has 14 aromatic heterocycles. The minimum absolute atomic E-state index is 0.0908. The van der Waals surface area contributed by atoms with Gasteiger partial charge in [0.2, 0.25) is 0 Å². The smallest absolute Gasteiger partial charge is 0.255 e. The molecule has 0 bridgehead atoms. The van der Waals surface area contributed by atoms with Crippen LogP contribution in [0.25, 0.3) is 112 Å². The van der Waals surface area contributed by atoms with Crippen molar-refractivity contribution in [1.82, 2.24) is 93.2 Å². The van der Waals surface area contributed by atoms with Gasteiger partial charge < -0.3 is 40.7 Å². The quantitative estimate of drug-likeness (QED) is 0.0319. The number of fused-ring (bicyclic) bond motifs is 4. The van der Waals surface area contributed by atoms with Gasteiger partial charge >= 0.3 is 0 Å². The Balaban J connectivity index is 0.000000125. The van der Waals surface area contributed by atoms with Crippen LogP contribution in [0.2, 0.25) is 0 Å². The van der Waals surface area contributed by atoms with Gasteiger partial charge in [-0.05, 0) is 176 Å². The van der Waals surface area contributed by atoms with Crippen LogP contribution in [0, 0.1) is 19.7 Å². The van der Waals surface area contributed by atoms with Gasteiger partial charge in [0.05, 0.1) is 54.8 Å². The molecule has 1 fully saturated rings. The SMILES string of the molecule is CCCN(CCO)C(=O)c1cncc(-c2nc(NCc3ccccc3)c3c(-c4ccccc4)ccn3n2)c1.COc1ccc(-c2ccn3nc(-c4cncc(C)c4)nc(NCc4ccccn4)c23)cc1.CS(=O)(=O)c1cncc(-c2nc(NCC3CCCCO3)c3c(-c4ccccc4)ccn3n2)c1.Cc1cncc(-c2nc(NCc3ccccn3)c3c(-c4cccc(F)c4)ccn3n2)c1. The van der Waals surface area contributed by atoms with Gasteiger partial charge in [-0.25, -0.2) is 50.8 Å². The number of halogens is 1. The number of aliphatic hydroxyl groups excluding tert-OH is 1. The molecule has 29 nitrogen and oxygen atoms in total. The molecule has 5 N–H and O–H groups in total. The first kappa shape index (κ1) is 89.7. The van der Waals surface area contributed by atoms with Gasteiger partial charge in [0.25, 0.3) is 5.91 Å². The van der Waals surface area contributed by atoms with Crippen LogP contribution in [-0.2, 0) is 34.2 Å². The minimum Gasteiger partial charge on any atom is -0.497 e. The van der Waals surface area contributed by atoms with E-state index in [1.807, 2.05) is 212 Å². The Morgan fingerprint density at radius 1 is 0.470 bits per heavy atom. The Morgan fingerprint density at radius 2 is 0.910 bits per heavy atom. The van der Waals surface area contributed by atoms with Crippen LogP contribution in [0.4, 0.5) is 27.7 Å². The maximum Gasteiger partial charge on any atom is 0.255 e. The van der Waals surface area contributed by atoms with Crippen LogP contribution >= 0.6 is 0 Å². The summed E-state index contributed by atoms with van der Waals surface area (Å²) < 4.78 is 56.4. The monoisotopic (exact) mass is 1800 g/mol. The maximum atomic E-state index is 13.9. The van der Waals surface area contributed by atoms with E-state index in [1.54, 1.807) is 88.8 Å². The average molecular weight is 1800 g/mol. The van der Waals surface area contributed by atoms with Gasteiger partial charge in [0.1, 0.15) is 33.6 Å². The van der Waals surface area contributed by atoms with Crippen LogP contribution in [0.5, 0.6) is 5.75 Å². The Morgan fingerprint density at radius 3 is 1.36 bits per heavy atom. The molecule has 1 aliphatic heterocycles. The lowest BCUT2D eigenvalue weighted by molar-refractivity contribution is 0.0247. The number of aryl methyl sites for hydroxylation is 2. The summed E-state index contributed by atoms with van der Waals surface area (Å²) in [7, 11) is -1.74. The summed E-state index contributed by atoms with van der Waals surface area (Å²) in [6, 6.07) is 71.9. The van der Waals surface area contributed by atoms with Gasteiger partial charge in [-0.2, -0.15) is 0 Å². The standard InChI is InChI=1S/C30H30N6O2.C25H22N6O.C24H19FN6.C24H25N5O3S/c1-2-14-35(16-17-37)30(38)25-18-24(20-31-21-25)28-33-29(32-19-22-9-5-3-6-10-22)27-26(13-15-36(27)34-28)23-11-7-4-8-12-23;1-17-13-19(15-26-14-17)24-29-25(28-16-20-5-3-4-11-27-20)23-22(10-12-31(23)30-24)18-6-8-21(32-2)9-7-18;1-16-11-18(14-26-13-16)23-29-24(28-15-20-7-2-3-9-27-20)22-21(8-10-31(22)30-23)17-5-4-6-19(25)12-17;1-33(30,31)20-13-18(14-25-16-20)23-27-24(26-15-19-9-5-6-12-32-19)22-21(10-11-29(22)28-23)17-7-3-2-4-8-17/h3-13,15,18,20-21,37H,2,14,16-17,19H2,1H3,(H,32,33,34);3-15H,16H2,1-2H3,(H,28,29,30);2-14H,15H2,1H3,(H,28,29,30);2-4,7-8,10-11,13-14,16,19H,5-6,9,12,15H2,1H3,(H,26,27,28).